The Balaban J connectivity index is 2.73. The molecule has 1 aromatic rings. The van der Waals surface area contributed by atoms with Crippen LogP contribution in [0.5, 0.6) is 0 Å². The van der Waals surface area contributed by atoms with E-state index in [-0.39, 0.29) is 12.1 Å². The number of carboxylic acid groups (broad SMARTS) is 1. The van der Waals surface area contributed by atoms with Gasteiger partial charge in [-0.2, -0.15) is 0 Å². The number of urea groups is 1. The molecule has 4 N–H and O–H groups in total. The van der Waals surface area contributed by atoms with Gasteiger partial charge in [0.2, 0.25) is 0 Å². The molecule has 0 bridgehead atoms. The number of carbonyl (C=O) groups is 2. The third kappa shape index (κ3) is 2.74. The van der Waals surface area contributed by atoms with Gasteiger partial charge in [-0.1, -0.05) is 0 Å². The Morgan fingerprint density at radius 2 is 2.29 bits per heavy atom. The molecule has 0 aliphatic heterocycles. The second kappa shape index (κ2) is 4.22. The molecule has 0 saturated heterocycles. The largest absolute Gasteiger partial charge is 0.478 e. The van der Waals surface area contributed by atoms with Crippen molar-refractivity contribution in [3.05, 3.63) is 29.6 Å². The minimum atomic E-state index is -1.03. The van der Waals surface area contributed by atoms with Crippen molar-refractivity contribution in [1.29, 1.82) is 0 Å². The summed E-state index contributed by atoms with van der Waals surface area (Å²) in [5.41, 5.74) is 5.42. The summed E-state index contributed by atoms with van der Waals surface area (Å²) in [7, 11) is 0. The fourth-order valence-electron chi connectivity index (χ4n) is 0.886. The van der Waals surface area contributed by atoms with Crippen LogP contribution in [-0.4, -0.2) is 22.1 Å². The maximum absolute atomic E-state index is 10.6. The molecule has 2 amide bonds. The predicted octanol–water partition coefficient (Wildman–Crippen LogP) is -0.0519. The van der Waals surface area contributed by atoms with Crippen LogP contribution in [0.2, 0.25) is 0 Å². The highest BCUT2D eigenvalue weighted by atomic mass is 16.4. The summed E-state index contributed by atoms with van der Waals surface area (Å²) in [6, 6.07) is 2.07. The SMILES string of the molecule is NC(=O)NCc1cc(C(=O)O)ccn1. The number of amides is 2. The highest BCUT2D eigenvalue weighted by Gasteiger charge is 2.04. The first kappa shape index (κ1) is 9.97. The smallest absolute Gasteiger partial charge is 0.335 e. The van der Waals surface area contributed by atoms with Crippen LogP contribution < -0.4 is 11.1 Å². The number of nitrogens with zero attached hydrogens (tertiary/aromatic N) is 1. The van der Waals surface area contributed by atoms with E-state index in [9.17, 15) is 9.59 Å². The molecule has 14 heavy (non-hydrogen) atoms. The first-order valence-electron chi connectivity index (χ1n) is 3.81. The molecular formula is C8H9N3O3. The minimum Gasteiger partial charge on any atom is -0.478 e. The molecule has 1 rings (SSSR count). The predicted molar refractivity (Wildman–Crippen MR) is 47.6 cm³/mol. The standard InChI is InChI=1S/C8H9N3O3/c9-8(14)11-4-6-3-5(7(12)13)1-2-10-6/h1-3H,4H2,(H,12,13)(H3,9,11,14). The molecule has 6 heteroatoms. The summed E-state index contributed by atoms with van der Waals surface area (Å²) >= 11 is 0. The first-order valence-corrected chi connectivity index (χ1v) is 3.81. The molecule has 0 radical (unpaired) electrons. The van der Waals surface area contributed by atoms with Crippen molar-refractivity contribution < 1.29 is 14.7 Å². The Hall–Kier alpha value is -2.11. The van der Waals surface area contributed by atoms with Crippen molar-refractivity contribution >= 4 is 12.0 Å². The van der Waals surface area contributed by atoms with Gasteiger partial charge in [-0.05, 0) is 12.1 Å². The average Bonchev–Trinajstić information content (AvgIpc) is 2.15. The van der Waals surface area contributed by atoms with Crippen LogP contribution in [0.1, 0.15) is 16.1 Å². The second-order valence-electron chi connectivity index (χ2n) is 2.56. The maximum Gasteiger partial charge on any atom is 0.335 e. The molecule has 1 heterocycles. The van der Waals surface area contributed by atoms with Crippen molar-refractivity contribution in [2.24, 2.45) is 5.73 Å². The van der Waals surface area contributed by atoms with Gasteiger partial charge in [0.25, 0.3) is 0 Å². The summed E-state index contributed by atoms with van der Waals surface area (Å²) < 4.78 is 0. The number of hydrogen-bond donors (Lipinski definition) is 3. The van der Waals surface area contributed by atoms with Gasteiger partial charge >= 0.3 is 12.0 Å². The van der Waals surface area contributed by atoms with E-state index in [4.69, 9.17) is 10.8 Å². The van der Waals surface area contributed by atoms with Crippen LogP contribution in [0.15, 0.2) is 18.3 Å². The zero-order valence-corrected chi connectivity index (χ0v) is 7.23. The number of nitrogens with two attached hydrogens (primary N) is 1. The van der Waals surface area contributed by atoms with Crippen LogP contribution in [0.4, 0.5) is 4.79 Å². The van der Waals surface area contributed by atoms with Crippen LogP contribution in [0, 0.1) is 0 Å². The number of pyridine rings is 1. The minimum absolute atomic E-state index is 0.121. The highest BCUT2D eigenvalue weighted by Crippen LogP contribution is 2.01. The van der Waals surface area contributed by atoms with Gasteiger partial charge < -0.3 is 16.2 Å². The fourth-order valence-corrected chi connectivity index (χ4v) is 0.886. The van der Waals surface area contributed by atoms with Crippen molar-refractivity contribution in [1.82, 2.24) is 10.3 Å². The topological polar surface area (TPSA) is 105 Å². The molecule has 74 valence electrons. The molecule has 0 aliphatic rings. The number of rotatable bonds is 3. The van der Waals surface area contributed by atoms with Gasteiger partial charge in [0.1, 0.15) is 0 Å². The van der Waals surface area contributed by atoms with Crippen molar-refractivity contribution in [2.75, 3.05) is 0 Å². The number of primary amides is 1. The Kier molecular flexibility index (Phi) is 3.01. The molecule has 0 atom stereocenters. The van der Waals surface area contributed by atoms with Gasteiger partial charge in [0, 0.05) is 6.20 Å². The van der Waals surface area contributed by atoms with Gasteiger partial charge in [0.15, 0.2) is 0 Å². The van der Waals surface area contributed by atoms with Crippen molar-refractivity contribution in [3.63, 3.8) is 0 Å². The van der Waals surface area contributed by atoms with E-state index in [2.05, 4.69) is 10.3 Å². The summed E-state index contributed by atoms with van der Waals surface area (Å²) in [4.78, 5) is 24.8. The van der Waals surface area contributed by atoms with E-state index in [1.165, 1.54) is 18.3 Å². The number of aromatic carboxylic acids is 1. The van der Waals surface area contributed by atoms with Crippen LogP contribution in [-0.2, 0) is 6.54 Å². The molecular weight excluding hydrogens is 186 g/mol. The molecule has 0 spiro atoms. The molecule has 6 nitrogen and oxygen atoms in total. The lowest BCUT2D eigenvalue weighted by atomic mass is 10.2. The van der Waals surface area contributed by atoms with E-state index in [0.717, 1.165) is 0 Å². The van der Waals surface area contributed by atoms with Crippen LogP contribution >= 0.6 is 0 Å². The molecule has 0 unspecified atom stereocenters. The van der Waals surface area contributed by atoms with E-state index in [1.807, 2.05) is 0 Å². The molecule has 1 aromatic heterocycles. The maximum atomic E-state index is 10.6. The summed E-state index contributed by atoms with van der Waals surface area (Å²) in [5, 5.41) is 11.0. The zero-order valence-electron chi connectivity index (χ0n) is 7.23. The fraction of sp³-hybridized carbons (Fsp3) is 0.125. The quantitative estimate of drug-likeness (QED) is 0.628. The summed E-state index contributed by atoms with van der Waals surface area (Å²) in [6.45, 7) is 0.121. The molecule has 0 aliphatic carbocycles. The van der Waals surface area contributed by atoms with E-state index >= 15 is 0 Å². The van der Waals surface area contributed by atoms with Gasteiger partial charge in [-0.3, -0.25) is 4.98 Å². The Bertz CT molecular complexity index is 365. The summed E-state index contributed by atoms with van der Waals surface area (Å²) in [5.74, 6) is -1.03. The number of carbonyl (C=O) groups excluding carboxylic acids is 1. The third-order valence-corrected chi connectivity index (χ3v) is 1.51. The number of aromatic nitrogens is 1. The molecule has 0 saturated carbocycles. The second-order valence-corrected chi connectivity index (χ2v) is 2.56. The van der Waals surface area contributed by atoms with Crippen molar-refractivity contribution in [3.8, 4) is 0 Å². The summed E-state index contributed by atoms with van der Waals surface area (Å²) in [6.07, 6.45) is 1.36. The highest BCUT2D eigenvalue weighted by molar-refractivity contribution is 5.87. The lowest BCUT2D eigenvalue weighted by molar-refractivity contribution is 0.0696. The van der Waals surface area contributed by atoms with Gasteiger partial charge in [-0.15, -0.1) is 0 Å². The number of nitrogens with one attached hydrogen (secondary N) is 1. The molecule has 0 fully saturated rings. The monoisotopic (exact) mass is 195 g/mol. The van der Waals surface area contributed by atoms with Crippen molar-refractivity contribution in [2.45, 2.75) is 6.54 Å². The number of hydrogen-bond acceptors (Lipinski definition) is 3. The normalized spacial score (nSPS) is 9.43. The van der Waals surface area contributed by atoms with Gasteiger partial charge in [-0.25, -0.2) is 9.59 Å². The van der Waals surface area contributed by atoms with Gasteiger partial charge in [0.05, 0.1) is 17.8 Å². The Morgan fingerprint density at radius 3 is 2.86 bits per heavy atom. The van der Waals surface area contributed by atoms with E-state index in [0.29, 0.717) is 5.69 Å². The van der Waals surface area contributed by atoms with E-state index in [1.54, 1.807) is 0 Å². The first-order chi connectivity index (χ1) is 6.59. The number of carboxylic acids is 1. The lowest BCUT2D eigenvalue weighted by Crippen LogP contribution is -2.29. The lowest BCUT2D eigenvalue weighted by Gasteiger charge is -2.01. The van der Waals surface area contributed by atoms with Crippen LogP contribution in [0.25, 0.3) is 0 Å². The Labute approximate surface area is 79.8 Å². The molecule has 0 aromatic carbocycles. The third-order valence-electron chi connectivity index (χ3n) is 1.51. The van der Waals surface area contributed by atoms with E-state index < -0.39 is 12.0 Å². The zero-order chi connectivity index (χ0) is 10.6. The Morgan fingerprint density at radius 1 is 1.57 bits per heavy atom. The average molecular weight is 195 g/mol. The van der Waals surface area contributed by atoms with Crippen LogP contribution in [0.3, 0.4) is 0 Å².